The van der Waals surface area contributed by atoms with Gasteiger partial charge in [0.2, 0.25) is 5.82 Å². The zero-order valence-corrected chi connectivity index (χ0v) is 15.6. The molecule has 0 radical (unpaired) electrons. The smallest absolute Gasteiger partial charge is 0.407 e. The number of carbonyl (C=O) groups is 1. The zero-order valence-electron chi connectivity index (χ0n) is 15.6. The molecule has 1 aromatic heterocycles. The molecule has 4 rings (SSSR count). The fourth-order valence-electron chi connectivity index (χ4n) is 3.64. The highest BCUT2D eigenvalue weighted by Crippen LogP contribution is 2.31. The first-order valence-electron chi connectivity index (χ1n) is 9.39. The van der Waals surface area contributed by atoms with E-state index >= 15 is 0 Å². The molecule has 0 bridgehead atoms. The number of anilines is 1. The first-order valence-corrected chi connectivity index (χ1v) is 9.39. The number of rotatable bonds is 4. The van der Waals surface area contributed by atoms with E-state index in [4.69, 9.17) is 5.11 Å². The largest absolute Gasteiger partial charge is 0.465 e. The standard InChI is InChI=1S/C21H20N4O4/c26-21(27)24-9-7-18(8-10-24)23-20-19(25(28)29)12-17(13-22-20)16-6-5-14-3-1-2-4-15(14)11-16/h1-6,11-13,18H,7-10H2,(H,22,23)(H,26,27). The summed E-state index contributed by atoms with van der Waals surface area (Å²) >= 11 is 0. The van der Waals surface area contributed by atoms with Gasteiger partial charge >= 0.3 is 11.8 Å². The number of piperidine rings is 1. The number of nitrogens with one attached hydrogen (secondary N) is 1. The SMILES string of the molecule is O=C(O)N1CCC(Nc2ncc(-c3ccc4ccccc4c3)cc2[N+](=O)[O-])CC1. The van der Waals surface area contributed by atoms with Crippen LogP contribution in [0.2, 0.25) is 0 Å². The van der Waals surface area contributed by atoms with Gasteiger partial charge in [-0.1, -0.05) is 36.4 Å². The highest BCUT2D eigenvalue weighted by Gasteiger charge is 2.25. The minimum Gasteiger partial charge on any atom is -0.465 e. The maximum absolute atomic E-state index is 11.6. The minimum atomic E-state index is -0.938. The van der Waals surface area contributed by atoms with Gasteiger partial charge in [0.1, 0.15) is 0 Å². The second-order valence-electron chi connectivity index (χ2n) is 7.10. The predicted molar refractivity (Wildman–Crippen MR) is 110 cm³/mol. The van der Waals surface area contributed by atoms with Crippen molar-refractivity contribution in [2.45, 2.75) is 18.9 Å². The van der Waals surface area contributed by atoms with Crippen LogP contribution in [0.5, 0.6) is 0 Å². The zero-order chi connectivity index (χ0) is 20.4. The van der Waals surface area contributed by atoms with Gasteiger partial charge in [-0.25, -0.2) is 9.78 Å². The Bertz CT molecular complexity index is 1080. The summed E-state index contributed by atoms with van der Waals surface area (Å²) in [7, 11) is 0. The van der Waals surface area contributed by atoms with Crippen LogP contribution in [0.3, 0.4) is 0 Å². The molecular formula is C21H20N4O4. The Morgan fingerprint density at radius 2 is 1.83 bits per heavy atom. The third-order valence-electron chi connectivity index (χ3n) is 5.25. The molecule has 1 aliphatic heterocycles. The number of fused-ring (bicyclic) bond motifs is 1. The Morgan fingerprint density at radius 1 is 1.10 bits per heavy atom. The van der Waals surface area contributed by atoms with Gasteiger partial charge in [0.05, 0.1) is 4.92 Å². The number of aromatic nitrogens is 1. The molecule has 3 aromatic rings. The number of nitro groups is 1. The van der Waals surface area contributed by atoms with Gasteiger partial charge in [-0.05, 0) is 35.2 Å². The van der Waals surface area contributed by atoms with E-state index in [1.807, 2.05) is 42.5 Å². The van der Waals surface area contributed by atoms with Crippen molar-refractivity contribution in [3.8, 4) is 11.1 Å². The van der Waals surface area contributed by atoms with Crippen molar-refractivity contribution < 1.29 is 14.8 Å². The lowest BCUT2D eigenvalue weighted by atomic mass is 10.0. The number of hydrogen-bond donors (Lipinski definition) is 2. The molecule has 0 saturated carbocycles. The van der Waals surface area contributed by atoms with Gasteiger partial charge in [-0.15, -0.1) is 0 Å². The second-order valence-corrected chi connectivity index (χ2v) is 7.10. The van der Waals surface area contributed by atoms with Gasteiger partial charge < -0.3 is 15.3 Å². The normalized spacial score (nSPS) is 14.7. The number of amides is 1. The van der Waals surface area contributed by atoms with Crippen LogP contribution >= 0.6 is 0 Å². The molecule has 0 atom stereocenters. The molecule has 0 spiro atoms. The molecular weight excluding hydrogens is 372 g/mol. The number of benzene rings is 2. The van der Waals surface area contributed by atoms with Gasteiger partial charge in [0, 0.05) is 37.0 Å². The summed E-state index contributed by atoms with van der Waals surface area (Å²) in [6.07, 6.45) is 1.85. The van der Waals surface area contributed by atoms with E-state index in [2.05, 4.69) is 10.3 Å². The maximum Gasteiger partial charge on any atom is 0.407 e. The van der Waals surface area contributed by atoms with Crippen molar-refractivity contribution in [3.63, 3.8) is 0 Å². The summed E-state index contributed by atoms with van der Waals surface area (Å²) in [4.78, 5) is 27.9. The molecule has 29 heavy (non-hydrogen) atoms. The van der Waals surface area contributed by atoms with Crippen molar-refractivity contribution in [3.05, 3.63) is 64.8 Å². The summed E-state index contributed by atoms with van der Waals surface area (Å²) in [5, 5.41) is 26.0. The molecule has 2 N–H and O–H groups in total. The van der Waals surface area contributed by atoms with Crippen LogP contribution in [0.1, 0.15) is 12.8 Å². The van der Waals surface area contributed by atoms with E-state index in [9.17, 15) is 14.9 Å². The molecule has 8 heteroatoms. The van der Waals surface area contributed by atoms with Crippen LogP contribution in [0, 0.1) is 10.1 Å². The third-order valence-corrected chi connectivity index (χ3v) is 5.25. The molecule has 2 aromatic carbocycles. The van der Waals surface area contributed by atoms with Gasteiger partial charge in [0.15, 0.2) is 0 Å². The topological polar surface area (TPSA) is 109 Å². The third kappa shape index (κ3) is 3.96. The fraction of sp³-hybridized carbons (Fsp3) is 0.238. The van der Waals surface area contributed by atoms with E-state index in [0.717, 1.165) is 16.3 Å². The fourth-order valence-corrected chi connectivity index (χ4v) is 3.64. The monoisotopic (exact) mass is 392 g/mol. The van der Waals surface area contributed by atoms with Crippen molar-refractivity contribution in [1.29, 1.82) is 0 Å². The summed E-state index contributed by atoms with van der Waals surface area (Å²) < 4.78 is 0. The number of likely N-dealkylation sites (tertiary alicyclic amines) is 1. The molecule has 8 nitrogen and oxygen atoms in total. The number of nitrogens with zero attached hydrogens (tertiary/aromatic N) is 3. The quantitative estimate of drug-likeness (QED) is 0.504. The Hall–Kier alpha value is -3.68. The number of pyridine rings is 1. The Labute approximate surface area is 166 Å². The average molecular weight is 392 g/mol. The van der Waals surface area contributed by atoms with Crippen LogP contribution in [-0.2, 0) is 0 Å². The molecule has 1 amide bonds. The molecule has 148 valence electrons. The summed E-state index contributed by atoms with van der Waals surface area (Å²) in [6.45, 7) is 0.798. The number of hydrogen-bond acceptors (Lipinski definition) is 5. The molecule has 0 unspecified atom stereocenters. The molecule has 1 fully saturated rings. The van der Waals surface area contributed by atoms with Gasteiger partial charge in [0.25, 0.3) is 0 Å². The highest BCUT2D eigenvalue weighted by molar-refractivity contribution is 5.87. The lowest BCUT2D eigenvalue weighted by Gasteiger charge is -2.30. The molecule has 2 heterocycles. The summed E-state index contributed by atoms with van der Waals surface area (Å²) in [5.74, 6) is 0.216. The van der Waals surface area contributed by atoms with E-state index in [0.29, 0.717) is 31.5 Å². The van der Waals surface area contributed by atoms with Crippen LogP contribution < -0.4 is 5.32 Å². The Morgan fingerprint density at radius 3 is 2.52 bits per heavy atom. The summed E-state index contributed by atoms with van der Waals surface area (Å²) in [5.41, 5.74) is 1.45. The van der Waals surface area contributed by atoms with E-state index < -0.39 is 11.0 Å². The van der Waals surface area contributed by atoms with Crippen LogP contribution in [0.25, 0.3) is 21.9 Å². The minimum absolute atomic E-state index is 0.0525. The van der Waals surface area contributed by atoms with E-state index in [-0.39, 0.29) is 17.5 Å². The Kier molecular flexibility index (Phi) is 4.99. The maximum atomic E-state index is 11.6. The highest BCUT2D eigenvalue weighted by atomic mass is 16.6. The van der Waals surface area contributed by atoms with Gasteiger partial charge in [-0.2, -0.15) is 0 Å². The molecule has 1 aliphatic rings. The second kappa shape index (κ2) is 7.75. The van der Waals surface area contributed by atoms with Crippen LogP contribution in [0.4, 0.5) is 16.3 Å². The van der Waals surface area contributed by atoms with Gasteiger partial charge in [-0.3, -0.25) is 10.1 Å². The van der Waals surface area contributed by atoms with E-state index in [1.165, 1.54) is 11.0 Å². The first kappa shape index (κ1) is 18.7. The lowest BCUT2D eigenvalue weighted by molar-refractivity contribution is -0.384. The first-order chi connectivity index (χ1) is 14.0. The van der Waals surface area contributed by atoms with Crippen LogP contribution in [-0.4, -0.2) is 45.1 Å². The van der Waals surface area contributed by atoms with Crippen molar-refractivity contribution in [1.82, 2.24) is 9.88 Å². The number of carboxylic acid groups (broad SMARTS) is 1. The van der Waals surface area contributed by atoms with Crippen molar-refractivity contribution in [2.75, 3.05) is 18.4 Å². The van der Waals surface area contributed by atoms with E-state index in [1.54, 1.807) is 6.20 Å². The summed E-state index contributed by atoms with van der Waals surface area (Å²) in [6, 6.07) is 15.3. The van der Waals surface area contributed by atoms with Crippen LogP contribution in [0.15, 0.2) is 54.7 Å². The Balaban J connectivity index is 1.58. The van der Waals surface area contributed by atoms with Crippen molar-refractivity contribution >= 4 is 28.4 Å². The molecule has 1 saturated heterocycles. The lowest BCUT2D eigenvalue weighted by Crippen LogP contribution is -2.41. The van der Waals surface area contributed by atoms with Crippen molar-refractivity contribution in [2.24, 2.45) is 0 Å². The molecule has 0 aliphatic carbocycles. The average Bonchev–Trinajstić information content (AvgIpc) is 2.74. The predicted octanol–water partition coefficient (Wildman–Crippen LogP) is 4.36.